The van der Waals surface area contributed by atoms with Gasteiger partial charge in [0.1, 0.15) is 0 Å². The maximum Gasteiger partial charge on any atom is 0.220 e. The fraction of sp³-hybridized carbons (Fsp3) is 0.889. The molecule has 1 aliphatic heterocycles. The molecule has 0 aliphatic carbocycles. The molecule has 3 N–H and O–H groups in total. The lowest BCUT2D eigenvalue weighted by molar-refractivity contribution is -0.121. The van der Waals surface area contributed by atoms with E-state index in [1.165, 1.54) is 17.3 Å². The van der Waals surface area contributed by atoms with Crippen LogP contribution in [0.1, 0.15) is 12.8 Å². The van der Waals surface area contributed by atoms with Crippen LogP contribution >= 0.6 is 35.9 Å². The number of nitrogens with two attached hydrogens (primary N) is 1. The molecule has 0 saturated carbocycles. The van der Waals surface area contributed by atoms with Gasteiger partial charge in [-0.25, -0.2) is 0 Å². The van der Waals surface area contributed by atoms with E-state index in [0.717, 1.165) is 13.0 Å². The average molecular weight is 271 g/mol. The highest BCUT2D eigenvalue weighted by Crippen LogP contribution is 2.23. The molecule has 1 saturated heterocycles. The summed E-state index contributed by atoms with van der Waals surface area (Å²) in [5.41, 5.74) is 5.33. The van der Waals surface area contributed by atoms with Crippen molar-refractivity contribution < 1.29 is 4.79 Å². The van der Waals surface area contributed by atoms with Crippen LogP contribution < -0.4 is 11.1 Å². The maximum atomic E-state index is 11.3. The van der Waals surface area contributed by atoms with Crippen LogP contribution in [-0.4, -0.2) is 41.5 Å². The topological polar surface area (TPSA) is 55.1 Å². The van der Waals surface area contributed by atoms with Gasteiger partial charge in [0.15, 0.2) is 0 Å². The van der Waals surface area contributed by atoms with Crippen molar-refractivity contribution in [2.45, 2.75) is 18.1 Å². The molecule has 6 heteroatoms. The zero-order valence-corrected chi connectivity index (χ0v) is 11.2. The summed E-state index contributed by atoms with van der Waals surface area (Å²) in [5.74, 6) is 3.78. The second-order valence-electron chi connectivity index (χ2n) is 3.26. The minimum Gasteiger partial charge on any atom is -0.355 e. The van der Waals surface area contributed by atoms with Gasteiger partial charge in [0.05, 0.1) is 0 Å². The number of carbonyl (C=O) groups excluding carboxylic acids is 1. The van der Waals surface area contributed by atoms with Crippen LogP contribution in [0.5, 0.6) is 0 Å². The molecule has 0 radical (unpaired) electrons. The second kappa shape index (κ2) is 9.63. The molecule has 15 heavy (non-hydrogen) atoms. The fourth-order valence-electron chi connectivity index (χ4n) is 1.23. The Morgan fingerprint density at radius 3 is 2.87 bits per heavy atom. The predicted octanol–water partition coefficient (Wildman–Crippen LogP) is 1.11. The second-order valence-corrected chi connectivity index (χ2v) is 5.82. The number of hydrogen-bond acceptors (Lipinski definition) is 4. The molecular weight excluding hydrogens is 252 g/mol. The third-order valence-corrected chi connectivity index (χ3v) is 4.86. The van der Waals surface area contributed by atoms with Crippen LogP contribution in [0, 0.1) is 0 Å². The Labute approximate surface area is 106 Å². The Balaban J connectivity index is 0.00000196. The van der Waals surface area contributed by atoms with Gasteiger partial charge >= 0.3 is 0 Å². The Bertz CT molecular complexity index is 177. The highest BCUT2D eigenvalue weighted by Gasteiger charge is 2.14. The lowest BCUT2D eigenvalue weighted by Crippen LogP contribution is -2.33. The maximum absolute atomic E-state index is 11.3. The number of thioether (sulfide) groups is 2. The highest BCUT2D eigenvalue weighted by atomic mass is 35.5. The summed E-state index contributed by atoms with van der Waals surface area (Å²) < 4.78 is 0. The molecule has 1 atom stereocenters. The SMILES string of the molecule is Cl.NCCCC(=O)NCC1CSCCS1. The van der Waals surface area contributed by atoms with Gasteiger partial charge in [-0.3, -0.25) is 4.79 Å². The average Bonchev–Trinajstić information content (AvgIpc) is 2.25. The van der Waals surface area contributed by atoms with Gasteiger partial charge in [-0.1, -0.05) is 0 Å². The van der Waals surface area contributed by atoms with Gasteiger partial charge in [0, 0.05) is 35.5 Å². The summed E-state index contributed by atoms with van der Waals surface area (Å²) in [7, 11) is 0. The van der Waals surface area contributed by atoms with E-state index >= 15 is 0 Å². The molecule has 90 valence electrons. The van der Waals surface area contributed by atoms with Crippen LogP contribution in [0.3, 0.4) is 0 Å². The summed E-state index contributed by atoms with van der Waals surface area (Å²) in [6, 6.07) is 0. The van der Waals surface area contributed by atoms with Crippen LogP contribution in [0.2, 0.25) is 0 Å². The Morgan fingerprint density at radius 1 is 1.47 bits per heavy atom. The summed E-state index contributed by atoms with van der Waals surface area (Å²) in [6.45, 7) is 1.42. The summed E-state index contributed by atoms with van der Waals surface area (Å²) in [6.07, 6.45) is 1.36. The normalized spacial score (nSPS) is 20.5. The van der Waals surface area contributed by atoms with Gasteiger partial charge in [0.25, 0.3) is 0 Å². The monoisotopic (exact) mass is 270 g/mol. The summed E-state index contributed by atoms with van der Waals surface area (Å²) in [5, 5.41) is 3.57. The molecule has 0 spiro atoms. The van der Waals surface area contributed by atoms with Gasteiger partial charge in [-0.2, -0.15) is 23.5 Å². The highest BCUT2D eigenvalue weighted by molar-refractivity contribution is 8.06. The van der Waals surface area contributed by atoms with Crippen molar-refractivity contribution in [3.05, 3.63) is 0 Å². The molecule has 0 bridgehead atoms. The van der Waals surface area contributed by atoms with Gasteiger partial charge in [0.2, 0.25) is 5.91 Å². The molecule has 1 heterocycles. The third kappa shape index (κ3) is 7.33. The number of halogens is 1. The third-order valence-electron chi connectivity index (χ3n) is 2.02. The largest absolute Gasteiger partial charge is 0.355 e. The first-order chi connectivity index (χ1) is 6.83. The quantitative estimate of drug-likeness (QED) is 0.786. The fourth-order valence-corrected chi connectivity index (χ4v) is 3.84. The molecule has 3 nitrogen and oxygen atoms in total. The minimum absolute atomic E-state index is 0. The van der Waals surface area contributed by atoms with E-state index in [1.54, 1.807) is 0 Å². The molecule has 0 aromatic carbocycles. The first-order valence-electron chi connectivity index (χ1n) is 4.99. The number of amides is 1. The first kappa shape index (κ1) is 15.4. The molecule has 1 amide bonds. The number of rotatable bonds is 5. The molecule has 0 aromatic rings. The minimum atomic E-state index is 0. The van der Waals surface area contributed by atoms with Crippen molar-refractivity contribution in [3.8, 4) is 0 Å². The number of nitrogens with one attached hydrogen (secondary N) is 1. The molecule has 0 aromatic heterocycles. The van der Waals surface area contributed by atoms with Crippen molar-refractivity contribution in [3.63, 3.8) is 0 Å². The molecule has 1 rings (SSSR count). The number of carbonyl (C=O) groups is 1. The standard InChI is InChI=1S/C9H18N2OS2.ClH/c10-3-1-2-9(12)11-6-8-7-13-4-5-14-8;/h8H,1-7,10H2,(H,11,12);1H. The predicted molar refractivity (Wildman–Crippen MR) is 72.1 cm³/mol. The van der Waals surface area contributed by atoms with E-state index in [2.05, 4.69) is 5.32 Å². The van der Waals surface area contributed by atoms with Crippen LogP contribution in [0.15, 0.2) is 0 Å². The van der Waals surface area contributed by atoms with E-state index in [-0.39, 0.29) is 18.3 Å². The van der Waals surface area contributed by atoms with Gasteiger partial charge in [-0.05, 0) is 13.0 Å². The van der Waals surface area contributed by atoms with E-state index in [4.69, 9.17) is 5.73 Å². The van der Waals surface area contributed by atoms with Crippen LogP contribution in [-0.2, 0) is 4.79 Å². The zero-order valence-electron chi connectivity index (χ0n) is 8.74. The van der Waals surface area contributed by atoms with Gasteiger partial charge < -0.3 is 11.1 Å². The van der Waals surface area contributed by atoms with Crippen molar-refractivity contribution in [1.82, 2.24) is 5.32 Å². The van der Waals surface area contributed by atoms with E-state index in [1.807, 2.05) is 23.5 Å². The zero-order chi connectivity index (χ0) is 10.2. The van der Waals surface area contributed by atoms with E-state index in [0.29, 0.717) is 18.2 Å². The molecule has 1 unspecified atom stereocenters. The first-order valence-corrected chi connectivity index (χ1v) is 7.19. The Kier molecular flexibility index (Phi) is 9.90. The van der Waals surface area contributed by atoms with Crippen LogP contribution in [0.4, 0.5) is 0 Å². The van der Waals surface area contributed by atoms with Crippen molar-refractivity contribution >= 4 is 41.8 Å². The number of hydrogen-bond donors (Lipinski definition) is 2. The Morgan fingerprint density at radius 2 is 2.27 bits per heavy atom. The molecular formula is C9H19ClN2OS2. The van der Waals surface area contributed by atoms with Crippen molar-refractivity contribution in [2.24, 2.45) is 5.73 Å². The van der Waals surface area contributed by atoms with Crippen molar-refractivity contribution in [1.29, 1.82) is 0 Å². The van der Waals surface area contributed by atoms with Crippen LogP contribution in [0.25, 0.3) is 0 Å². The Hall–Kier alpha value is 0.420. The summed E-state index contributed by atoms with van der Waals surface area (Å²) >= 11 is 3.95. The lowest BCUT2D eigenvalue weighted by Gasteiger charge is -2.21. The van der Waals surface area contributed by atoms with E-state index in [9.17, 15) is 4.79 Å². The lowest BCUT2D eigenvalue weighted by atomic mass is 10.3. The van der Waals surface area contributed by atoms with E-state index < -0.39 is 0 Å². The molecule has 1 aliphatic rings. The van der Waals surface area contributed by atoms with Crippen molar-refractivity contribution in [2.75, 3.05) is 30.3 Å². The molecule has 1 fully saturated rings. The smallest absolute Gasteiger partial charge is 0.220 e. The van der Waals surface area contributed by atoms with Gasteiger partial charge in [-0.15, -0.1) is 12.4 Å². The summed E-state index contributed by atoms with van der Waals surface area (Å²) in [4.78, 5) is 11.3.